The molecule has 2 N–H and O–H groups in total. The molecule has 0 radical (unpaired) electrons. The van der Waals surface area contributed by atoms with Gasteiger partial charge in [-0.1, -0.05) is 12.8 Å². The molecule has 0 unspecified atom stereocenters. The van der Waals surface area contributed by atoms with Gasteiger partial charge in [0.15, 0.2) is 0 Å². The number of anilines is 2. The van der Waals surface area contributed by atoms with Crippen LogP contribution in [0.1, 0.15) is 39.5 Å². The lowest BCUT2D eigenvalue weighted by Crippen LogP contribution is -2.47. The smallest absolute Gasteiger partial charge is 0.244 e. The fraction of sp³-hybridized carbons (Fsp3) is 0.588. The number of nitrogens with one attached hydrogen (secondary N) is 2. The van der Waals surface area contributed by atoms with Gasteiger partial charge in [-0.3, -0.25) is 4.79 Å². The fourth-order valence-electron chi connectivity index (χ4n) is 2.49. The maximum atomic E-state index is 12.1. The third-order valence-corrected chi connectivity index (χ3v) is 4.29. The van der Waals surface area contributed by atoms with Crippen molar-refractivity contribution in [1.29, 1.82) is 0 Å². The van der Waals surface area contributed by atoms with Gasteiger partial charge in [-0.25, -0.2) is 0 Å². The fourth-order valence-corrected chi connectivity index (χ4v) is 2.49. The van der Waals surface area contributed by atoms with Gasteiger partial charge >= 0.3 is 0 Å². The number of nitrogens with zero attached hydrogens (tertiary/aromatic N) is 1. The van der Waals surface area contributed by atoms with Crippen molar-refractivity contribution in [2.24, 2.45) is 0 Å². The molecule has 0 aliphatic carbocycles. The summed E-state index contributed by atoms with van der Waals surface area (Å²) in [5.74, 6) is -0.0208. The van der Waals surface area contributed by atoms with Crippen LogP contribution in [0, 0.1) is 0 Å². The molecule has 0 bridgehead atoms. The molecule has 21 heavy (non-hydrogen) atoms. The number of hydrogen-bond acceptors (Lipinski definition) is 3. The second-order valence-electron chi connectivity index (χ2n) is 6.28. The normalized spacial score (nSPS) is 16.4. The van der Waals surface area contributed by atoms with Crippen molar-refractivity contribution >= 4 is 17.3 Å². The molecule has 1 amide bonds. The molecule has 1 fully saturated rings. The summed E-state index contributed by atoms with van der Waals surface area (Å²) in [5, 5.41) is 5.97. The minimum Gasteiger partial charge on any atom is -0.372 e. The number of rotatable bonds is 4. The number of hydrogen-bond donors (Lipinski definition) is 2. The number of carbonyl (C=O) groups excluding carboxylic acids is 1. The maximum Gasteiger partial charge on any atom is 0.244 e. The molecule has 1 aromatic rings. The Bertz CT molecular complexity index is 459. The van der Waals surface area contributed by atoms with Crippen LogP contribution in [0.3, 0.4) is 0 Å². The highest BCUT2D eigenvalue weighted by Gasteiger charge is 2.25. The zero-order chi connectivity index (χ0) is 15.3. The van der Waals surface area contributed by atoms with Crippen molar-refractivity contribution in [2.45, 2.75) is 45.1 Å². The molecule has 116 valence electrons. The highest BCUT2D eigenvalue weighted by Crippen LogP contribution is 2.22. The first kappa shape index (κ1) is 15.8. The van der Waals surface area contributed by atoms with E-state index >= 15 is 0 Å². The molecule has 1 saturated heterocycles. The quantitative estimate of drug-likeness (QED) is 0.895. The zero-order valence-electron chi connectivity index (χ0n) is 13.4. The first-order valence-corrected chi connectivity index (χ1v) is 7.88. The Morgan fingerprint density at radius 3 is 2.14 bits per heavy atom. The number of amides is 1. The molecule has 0 aromatic heterocycles. The maximum absolute atomic E-state index is 12.1. The summed E-state index contributed by atoms with van der Waals surface area (Å²) in [6.07, 6.45) is 5.22. The van der Waals surface area contributed by atoms with Crippen LogP contribution in [0.5, 0.6) is 0 Å². The SMILES string of the molecule is CNC(C)(C)C(=O)Nc1ccc(N2CCCCCC2)cc1. The van der Waals surface area contributed by atoms with E-state index in [-0.39, 0.29) is 5.91 Å². The second-order valence-corrected chi connectivity index (χ2v) is 6.28. The van der Waals surface area contributed by atoms with Crippen molar-refractivity contribution in [1.82, 2.24) is 5.32 Å². The summed E-state index contributed by atoms with van der Waals surface area (Å²) in [6, 6.07) is 8.19. The molecule has 4 heteroatoms. The topological polar surface area (TPSA) is 44.4 Å². The van der Waals surface area contributed by atoms with E-state index in [4.69, 9.17) is 0 Å². The predicted molar refractivity (Wildman–Crippen MR) is 88.9 cm³/mol. The summed E-state index contributed by atoms with van der Waals surface area (Å²) in [5.41, 5.74) is 1.54. The van der Waals surface area contributed by atoms with Gasteiger partial charge in [0.25, 0.3) is 0 Å². The van der Waals surface area contributed by atoms with Crippen molar-refractivity contribution < 1.29 is 4.79 Å². The second kappa shape index (κ2) is 6.94. The lowest BCUT2D eigenvalue weighted by Gasteiger charge is -2.24. The van der Waals surface area contributed by atoms with Gasteiger partial charge in [0.1, 0.15) is 0 Å². The molecule has 0 atom stereocenters. The van der Waals surface area contributed by atoms with E-state index in [1.807, 2.05) is 26.0 Å². The number of carbonyl (C=O) groups is 1. The summed E-state index contributed by atoms with van der Waals surface area (Å²) < 4.78 is 0. The molecule has 1 aromatic carbocycles. The van der Waals surface area contributed by atoms with Gasteiger partial charge in [-0.05, 0) is 58.0 Å². The van der Waals surface area contributed by atoms with Crippen LogP contribution in [-0.4, -0.2) is 31.6 Å². The molecule has 4 nitrogen and oxygen atoms in total. The van der Waals surface area contributed by atoms with Gasteiger partial charge in [-0.15, -0.1) is 0 Å². The summed E-state index contributed by atoms with van der Waals surface area (Å²) in [7, 11) is 1.79. The third kappa shape index (κ3) is 4.21. The first-order chi connectivity index (χ1) is 10.0. The average Bonchev–Trinajstić information content (AvgIpc) is 2.77. The Morgan fingerprint density at radius 2 is 1.62 bits per heavy atom. The average molecular weight is 289 g/mol. The van der Waals surface area contributed by atoms with Crippen LogP contribution in [0.25, 0.3) is 0 Å². The minimum absolute atomic E-state index is 0.0208. The van der Waals surface area contributed by atoms with Crippen LogP contribution in [0.15, 0.2) is 24.3 Å². The van der Waals surface area contributed by atoms with Crippen molar-refractivity contribution in [3.8, 4) is 0 Å². The third-order valence-electron chi connectivity index (χ3n) is 4.29. The lowest BCUT2D eigenvalue weighted by molar-refractivity contribution is -0.121. The van der Waals surface area contributed by atoms with E-state index in [2.05, 4.69) is 27.7 Å². The van der Waals surface area contributed by atoms with Gasteiger partial charge in [-0.2, -0.15) is 0 Å². The summed E-state index contributed by atoms with van der Waals surface area (Å²) >= 11 is 0. The van der Waals surface area contributed by atoms with Gasteiger partial charge in [0.2, 0.25) is 5.91 Å². The Kier molecular flexibility index (Phi) is 5.23. The lowest BCUT2D eigenvalue weighted by atomic mass is 10.1. The monoisotopic (exact) mass is 289 g/mol. The Labute approximate surface area is 127 Å². The van der Waals surface area contributed by atoms with Gasteiger partial charge in [0.05, 0.1) is 5.54 Å². The Hall–Kier alpha value is -1.55. The summed E-state index contributed by atoms with van der Waals surface area (Å²) in [4.78, 5) is 14.6. The van der Waals surface area contributed by atoms with Crippen LogP contribution in [0.2, 0.25) is 0 Å². The van der Waals surface area contributed by atoms with Crippen molar-refractivity contribution in [3.63, 3.8) is 0 Å². The first-order valence-electron chi connectivity index (χ1n) is 7.88. The zero-order valence-corrected chi connectivity index (χ0v) is 13.4. The van der Waals surface area contributed by atoms with Crippen molar-refractivity contribution in [3.05, 3.63) is 24.3 Å². The molecule has 0 spiro atoms. The minimum atomic E-state index is -0.566. The Balaban J connectivity index is 2.00. The molecular formula is C17H27N3O. The van der Waals surface area contributed by atoms with Crippen LogP contribution in [-0.2, 0) is 4.79 Å². The highest BCUT2D eigenvalue weighted by atomic mass is 16.2. The van der Waals surface area contributed by atoms with Crippen LogP contribution >= 0.6 is 0 Å². The van der Waals surface area contributed by atoms with Crippen LogP contribution < -0.4 is 15.5 Å². The molecule has 0 saturated carbocycles. The summed E-state index contributed by atoms with van der Waals surface area (Å²) in [6.45, 7) is 6.01. The highest BCUT2D eigenvalue weighted by molar-refractivity contribution is 5.97. The molecule has 2 rings (SSSR count). The number of benzene rings is 1. The number of likely N-dealkylation sites (N-methyl/N-ethyl adjacent to an activating group) is 1. The van der Waals surface area contributed by atoms with E-state index < -0.39 is 5.54 Å². The van der Waals surface area contributed by atoms with Crippen molar-refractivity contribution in [2.75, 3.05) is 30.4 Å². The molecule has 1 aliphatic rings. The standard InChI is InChI=1S/C17H27N3O/c1-17(2,18-3)16(21)19-14-8-10-15(11-9-14)20-12-6-4-5-7-13-20/h8-11,18H,4-7,12-13H2,1-3H3,(H,19,21). The van der Waals surface area contributed by atoms with E-state index in [9.17, 15) is 4.79 Å². The predicted octanol–water partition coefficient (Wildman–Crippen LogP) is 3.00. The van der Waals surface area contributed by atoms with Crippen LogP contribution in [0.4, 0.5) is 11.4 Å². The van der Waals surface area contributed by atoms with E-state index in [0.29, 0.717) is 0 Å². The van der Waals surface area contributed by atoms with Gasteiger partial charge in [0, 0.05) is 24.5 Å². The van der Waals surface area contributed by atoms with Gasteiger partial charge < -0.3 is 15.5 Å². The van der Waals surface area contributed by atoms with E-state index in [1.54, 1.807) is 7.05 Å². The molecule has 1 heterocycles. The Morgan fingerprint density at radius 1 is 1.05 bits per heavy atom. The van der Waals surface area contributed by atoms with E-state index in [1.165, 1.54) is 31.4 Å². The molecular weight excluding hydrogens is 262 g/mol. The van der Waals surface area contributed by atoms with E-state index in [0.717, 1.165) is 18.8 Å². The largest absolute Gasteiger partial charge is 0.372 e. The molecule has 1 aliphatic heterocycles.